The van der Waals surface area contributed by atoms with Gasteiger partial charge in [-0.05, 0) is 24.6 Å². The molecular formula is C10H13N. The van der Waals surface area contributed by atoms with Crippen LogP contribution in [-0.2, 0) is 6.42 Å². The van der Waals surface area contributed by atoms with Crippen LogP contribution < -0.4 is 0 Å². The number of benzene rings is 1. The Morgan fingerprint density at radius 2 is 2.00 bits per heavy atom. The Bertz CT molecular complexity index is 214. The fourth-order valence-corrected chi connectivity index (χ4v) is 1.00. The van der Waals surface area contributed by atoms with Crippen molar-refractivity contribution in [3.05, 3.63) is 35.9 Å². The van der Waals surface area contributed by atoms with Crippen molar-refractivity contribution in [1.29, 1.82) is 0 Å². The molecule has 1 nitrogen and oxygen atoms in total. The Labute approximate surface area is 67.8 Å². The normalized spacial score (nSPS) is 10.6. The average molecular weight is 147 g/mol. The van der Waals surface area contributed by atoms with Crippen molar-refractivity contribution < 1.29 is 0 Å². The van der Waals surface area contributed by atoms with E-state index in [-0.39, 0.29) is 0 Å². The third-order valence-electron chi connectivity index (χ3n) is 1.59. The molecule has 1 rings (SSSR count). The molecule has 0 heterocycles. The average Bonchev–Trinajstić information content (AvgIpc) is 2.07. The Balaban J connectivity index is 2.39. The minimum absolute atomic E-state index is 1.04. The lowest BCUT2D eigenvalue weighted by molar-refractivity contribution is 1.05. The van der Waals surface area contributed by atoms with Crippen LogP contribution in [-0.4, -0.2) is 13.3 Å². The standard InChI is InChI=1S/C10H13N/c1-11-9-5-8-10-6-3-2-4-7-10/h2-4,6-7,9H,5,8H2,1H3/b11-9+. The molecule has 0 saturated carbocycles. The van der Waals surface area contributed by atoms with E-state index < -0.39 is 0 Å². The zero-order chi connectivity index (χ0) is 7.94. The minimum atomic E-state index is 1.04. The first-order chi connectivity index (χ1) is 5.43. The van der Waals surface area contributed by atoms with Crippen LogP contribution in [0.15, 0.2) is 35.3 Å². The molecule has 0 N–H and O–H groups in total. The summed E-state index contributed by atoms with van der Waals surface area (Å²) < 4.78 is 0. The Morgan fingerprint density at radius 3 is 2.64 bits per heavy atom. The second-order valence-corrected chi connectivity index (χ2v) is 2.47. The predicted molar refractivity (Wildman–Crippen MR) is 49.2 cm³/mol. The van der Waals surface area contributed by atoms with Gasteiger partial charge in [-0.3, -0.25) is 0 Å². The molecule has 0 aliphatic rings. The summed E-state index contributed by atoms with van der Waals surface area (Å²) in [6.45, 7) is 0. The fraction of sp³-hybridized carbons (Fsp3) is 0.300. The molecule has 0 fully saturated rings. The van der Waals surface area contributed by atoms with E-state index in [1.54, 1.807) is 0 Å². The maximum atomic E-state index is 3.93. The third kappa shape index (κ3) is 2.99. The summed E-state index contributed by atoms with van der Waals surface area (Å²) in [5.41, 5.74) is 1.38. The van der Waals surface area contributed by atoms with Crippen molar-refractivity contribution in [3.8, 4) is 0 Å². The Hall–Kier alpha value is -1.11. The number of nitrogens with zero attached hydrogens (tertiary/aromatic N) is 1. The summed E-state index contributed by atoms with van der Waals surface area (Å²) in [4.78, 5) is 3.93. The van der Waals surface area contributed by atoms with Crippen LogP contribution in [0.2, 0.25) is 0 Å². The highest BCUT2D eigenvalue weighted by Crippen LogP contribution is 2.00. The van der Waals surface area contributed by atoms with Gasteiger partial charge in [-0.25, -0.2) is 0 Å². The maximum Gasteiger partial charge on any atom is 0.0273 e. The van der Waals surface area contributed by atoms with Crippen molar-refractivity contribution in [2.45, 2.75) is 12.8 Å². The largest absolute Gasteiger partial charge is 0.301 e. The van der Waals surface area contributed by atoms with Gasteiger partial charge in [0.05, 0.1) is 0 Å². The Morgan fingerprint density at radius 1 is 1.27 bits per heavy atom. The van der Waals surface area contributed by atoms with Gasteiger partial charge in [0.2, 0.25) is 0 Å². The van der Waals surface area contributed by atoms with E-state index in [4.69, 9.17) is 0 Å². The summed E-state index contributed by atoms with van der Waals surface area (Å²) in [6, 6.07) is 10.5. The highest BCUT2D eigenvalue weighted by Gasteiger charge is 1.86. The fourth-order valence-electron chi connectivity index (χ4n) is 1.00. The summed E-state index contributed by atoms with van der Waals surface area (Å²) >= 11 is 0. The van der Waals surface area contributed by atoms with Crippen molar-refractivity contribution in [3.63, 3.8) is 0 Å². The number of aryl methyl sites for hydroxylation is 1. The lowest BCUT2D eigenvalue weighted by Gasteiger charge is -1.94. The molecule has 0 aromatic heterocycles. The lowest BCUT2D eigenvalue weighted by atomic mass is 10.1. The van der Waals surface area contributed by atoms with E-state index >= 15 is 0 Å². The molecule has 58 valence electrons. The molecule has 0 bridgehead atoms. The van der Waals surface area contributed by atoms with Gasteiger partial charge in [0.25, 0.3) is 0 Å². The van der Waals surface area contributed by atoms with Crippen molar-refractivity contribution in [1.82, 2.24) is 0 Å². The second-order valence-electron chi connectivity index (χ2n) is 2.47. The van der Waals surface area contributed by atoms with Crippen LogP contribution in [0, 0.1) is 0 Å². The molecule has 1 aromatic rings. The highest BCUT2D eigenvalue weighted by atomic mass is 14.6. The van der Waals surface area contributed by atoms with Crippen LogP contribution in [0.25, 0.3) is 0 Å². The van der Waals surface area contributed by atoms with Gasteiger partial charge in [-0.15, -0.1) is 0 Å². The summed E-state index contributed by atoms with van der Waals surface area (Å²) in [6.07, 6.45) is 4.09. The minimum Gasteiger partial charge on any atom is -0.301 e. The first-order valence-electron chi connectivity index (χ1n) is 3.88. The first kappa shape index (κ1) is 7.99. The molecule has 0 aliphatic heterocycles. The lowest BCUT2D eigenvalue weighted by Crippen LogP contribution is -1.84. The molecule has 0 unspecified atom stereocenters. The molecule has 0 amide bonds. The molecule has 0 radical (unpaired) electrons. The van der Waals surface area contributed by atoms with E-state index in [1.165, 1.54) is 5.56 Å². The third-order valence-corrected chi connectivity index (χ3v) is 1.59. The van der Waals surface area contributed by atoms with Crippen molar-refractivity contribution in [2.24, 2.45) is 4.99 Å². The smallest absolute Gasteiger partial charge is 0.0273 e. The van der Waals surface area contributed by atoms with E-state index in [2.05, 4.69) is 29.3 Å². The van der Waals surface area contributed by atoms with Gasteiger partial charge < -0.3 is 4.99 Å². The SMILES string of the molecule is C/N=C/CCc1ccccc1. The van der Waals surface area contributed by atoms with Crippen LogP contribution in [0.5, 0.6) is 0 Å². The van der Waals surface area contributed by atoms with Gasteiger partial charge in [0.1, 0.15) is 0 Å². The summed E-state index contributed by atoms with van der Waals surface area (Å²) in [7, 11) is 1.81. The molecular weight excluding hydrogens is 134 g/mol. The molecule has 1 heteroatoms. The summed E-state index contributed by atoms with van der Waals surface area (Å²) in [5.74, 6) is 0. The highest BCUT2D eigenvalue weighted by molar-refractivity contribution is 5.57. The summed E-state index contributed by atoms with van der Waals surface area (Å²) in [5, 5.41) is 0. The van der Waals surface area contributed by atoms with Gasteiger partial charge in [-0.2, -0.15) is 0 Å². The quantitative estimate of drug-likeness (QED) is 0.582. The van der Waals surface area contributed by atoms with E-state index in [9.17, 15) is 0 Å². The van der Waals surface area contributed by atoms with Gasteiger partial charge in [-0.1, -0.05) is 30.3 Å². The van der Waals surface area contributed by atoms with Gasteiger partial charge in [0, 0.05) is 7.05 Å². The first-order valence-corrected chi connectivity index (χ1v) is 3.88. The van der Waals surface area contributed by atoms with Crippen LogP contribution in [0.4, 0.5) is 0 Å². The molecule has 1 aromatic carbocycles. The van der Waals surface area contributed by atoms with Gasteiger partial charge >= 0.3 is 0 Å². The molecule has 0 aliphatic carbocycles. The molecule has 0 atom stereocenters. The van der Waals surface area contributed by atoms with Crippen LogP contribution >= 0.6 is 0 Å². The second kappa shape index (κ2) is 4.67. The van der Waals surface area contributed by atoms with Crippen molar-refractivity contribution >= 4 is 6.21 Å². The molecule has 0 saturated heterocycles. The van der Waals surface area contributed by atoms with E-state index in [0.717, 1.165) is 12.8 Å². The number of aliphatic imine (C=N–C) groups is 1. The van der Waals surface area contributed by atoms with Crippen molar-refractivity contribution in [2.75, 3.05) is 7.05 Å². The predicted octanol–water partition coefficient (Wildman–Crippen LogP) is 2.32. The van der Waals surface area contributed by atoms with Gasteiger partial charge in [0.15, 0.2) is 0 Å². The van der Waals surface area contributed by atoms with Crippen LogP contribution in [0.3, 0.4) is 0 Å². The monoisotopic (exact) mass is 147 g/mol. The number of hydrogen-bond acceptors (Lipinski definition) is 1. The van der Waals surface area contributed by atoms with E-state index in [0.29, 0.717) is 0 Å². The zero-order valence-electron chi connectivity index (χ0n) is 6.83. The number of hydrogen-bond donors (Lipinski definition) is 0. The Kier molecular flexibility index (Phi) is 3.39. The number of rotatable bonds is 3. The van der Waals surface area contributed by atoms with E-state index in [1.807, 2.05) is 19.3 Å². The zero-order valence-corrected chi connectivity index (χ0v) is 6.83. The molecule has 0 spiro atoms. The molecule has 11 heavy (non-hydrogen) atoms. The topological polar surface area (TPSA) is 12.4 Å². The maximum absolute atomic E-state index is 3.93. The van der Waals surface area contributed by atoms with Crippen LogP contribution in [0.1, 0.15) is 12.0 Å².